The molecule has 0 saturated heterocycles. The number of aromatic nitrogens is 1. The van der Waals surface area contributed by atoms with Crippen molar-refractivity contribution in [2.75, 3.05) is 13.7 Å². The maximum Gasteiger partial charge on any atom is 0.218 e. The zero-order valence-corrected chi connectivity index (χ0v) is 13.5. The van der Waals surface area contributed by atoms with Crippen LogP contribution in [-0.4, -0.2) is 30.6 Å². The molecule has 0 atom stereocenters. The minimum absolute atomic E-state index is 0.445. The number of hydrogen-bond donors (Lipinski definition) is 2. The fourth-order valence-corrected chi connectivity index (χ4v) is 2.30. The normalized spacial score (nSPS) is 15.1. The second-order valence-corrected chi connectivity index (χ2v) is 5.38. The van der Waals surface area contributed by atoms with E-state index in [9.17, 15) is 0 Å². The Morgan fingerprint density at radius 1 is 1.41 bits per heavy atom. The maximum atomic E-state index is 5.76. The van der Waals surface area contributed by atoms with Crippen LogP contribution in [0.2, 0.25) is 0 Å². The number of hydrogen-bond acceptors (Lipinski definition) is 3. The van der Waals surface area contributed by atoms with Gasteiger partial charge in [0.2, 0.25) is 5.88 Å². The number of pyridine rings is 1. The number of unbranched alkanes of at least 4 members (excludes halogenated alkanes) is 1. The van der Waals surface area contributed by atoms with E-state index in [0.717, 1.165) is 37.2 Å². The molecule has 1 aromatic heterocycles. The van der Waals surface area contributed by atoms with Gasteiger partial charge in [-0.05, 0) is 25.3 Å². The fraction of sp³-hybridized carbons (Fsp3) is 0.529. The highest BCUT2D eigenvalue weighted by atomic mass is 16.5. The van der Waals surface area contributed by atoms with E-state index in [1.165, 1.54) is 0 Å². The van der Waals surface area contributed by atoms with E-state index in [2.05, 4.69) is 39.7 Å². The largest absolute Gasteiger partial charge is 0.477 e. The highest BCUT2D eigenvalue weighted by Crippen LogP contribution is 2.14. The molecule has 0 saturated carbocycles. The molecule has 1 aliphatic carbocycles. The van der Waals surface area contributed by atoms with Gasteiger partial charge in [-0.1, -0.05) is 31.6 Å². The Hall–Kier alpha value is -2.04. The quantitative estimate of drug-likeness (QED) is 0.352. The van der Waals surface area contributed by atoms with E-state index in [1.54, 1.807) is 13.2 Å². The van der Waals surface area contributed by atoms with Crippen LogP contribution in [0.5, 0.6) is 5.88 Å². The van der Waals surface area contributed by atoms with Gasteiger partial charge >= 0.3 is 0 Å². The lowest BCUT2D eigenvalue weighted by molar-refractivity contribution is 0.294. The summed E-state index contributed by atoms with van der Waals surface area (Å²) in [7, 11) is 1.79. The van der Waals surface area contributed by atoms with Gasteiger partial charge < -0.3 is 15.4 Å². The molecule has 0 aliphatic heterocycles. The third-order valence-electron chi connectivity index (χ3n) is 3.61. The molecule has 2 N–H and O–H groups in total. The van der Waals surface area contributed by atoms with Crippen LogP contribution in [0.4, 0.5) is 0 Å². The number of nitrogens with zero attached hydrogens (tertiary/aromatic N) is 2. The Morgan fingerprint density at radius 2 is 2.23 bits per heavy atom. The molecule has 0 radical (unpaired) electrons. The van der Waals surface area contributed by atoms with Crippen LogP contribution in [0, 0.1) is 0 Å². The minimum atomic E-state index is 0.445. The molecule has 1 aliphatic rings. The maximum absolute atomic E-state index is 5.76. The number of nitrogens with one attached hydrogen (secondary N) is 2. The van der Waals surface area contributed by atoms with Crippen molar-refractivity contribution in [3.05, 3.63) is 36.0 Å². The molecular weight excluding hydrogens is 276 g/mol. The Labute approximate surface area is 132 Å². The lowest BCUT2D eigenvalue weighted by Gasteiger charge is -2.17. The Kier molecular flexibility index (Phi) is 6.74. The third kappa shape index (κ3) is 5.06. The van der Waals surface area contributed by atoms with Crippen LogP contribution in [0.3, 0.4) is 0 Å². The van der Waals surface area contributed by atoms with Crippen molar-refractivity contribution in [2.24, 2.45) is 4.99 Å². The van der Waals surface area contributed by atoms with Gasteiger partial charge in [-0.15, -0.1) is 0 Å². The van der Waals surface area contributed by atoms with Crippen molar-refractivity contribution in [1.82, 2.24) is 15.6 Å². The molecule has 2 rings (SSSR count). The van der Waals surface area contributed by atoms with Crippen molar-refractivity contribution in [1.29, 1.82) is 0 Å². The van der Waals surface area contributed by atoms with E-state index in [-0.39, 0.29) is 0 Å². The predicted molar refractivity (Wildman–Crippen MR) is 90.1 cm³/mol. The molecule has 0 bridgehead atoms. The molecule has 0 spiro atoms. The number of rotatable bonds is 7. The van der Waals surface area contributed by atoms with Crippen LogP contribution in [0.1, 0.15) is 38.2 Å². The van der Waals surface area contributed by atoms with Gasteiger partial charge in [0.05, 0.1) is 6.61 Å². The SMILES string of the molecule is CCCCOc1ncccc1CNC(=NC)NC1CC=CC1. The van der Waals surface area contributed by atoms with Gasteiger partial charge in [0.15, 0.2) is 5.96 Å². The smallest absolute Gasteiger partial charge is 0.218 e. The molecule has 22 heavy (non-hydrogen) atoms. The standard InChI is InChI=1S/C17H26N4O/c1-3-4-12-22-16-14(8-7-11-19-16)13-20-17(18-2)21-15-9-5-6-10-15/h5-8,11,15H,3-4,9-10,12-13H2,1-2H3,(H2,18,20,21). The van der Waals surface area contributed by atoms with Crippen molar-refractivity contribution in [3.8, 4) is 5.88 Å². The second-order valence-electron chi connectivity index (χ2n) is 5.38. The molecular formula is C17H26N4O. The molecule has 0 unspecified atom stereocenters. The summed E-state index contributed by atoms with van der Waals surface area (Å²) >= 11 is 0. The molecule has 5 nitrogen and oxygen atoms in total. The van der Waals surface area contributed by atoms with Crippen LogP contribution < -0.4 is 15.4 Å². The average Bonchev–Trinajstić information content (AvgIpc) is 3.06. The van der Waals surface area contributed by atoms with Crippen molar-refractivity contribution in [2.45, 2.75) is 45.2 Å². The first-order chi connectivity index (χ1) is 10.8. The summed E-state index contributed by atoms with van der Waals surface area (Å²) in [5.74, 6) is 1.53. The summed E-state index contributed by atoms with van der Waals surface area (Å²) in [6, 6.07) is 4.41. The topological polar surface area (TPSA) is 58.5 Å². The van der Waals surface area contributed by atoms with E-state index >= 15 is 0 Å². The molecule has 5 heteroatoms. The van der Waals surface area contributed by atoms with Gasteiger partial charge in [0, 0.05) is 31.4 Å². The summed E-state index contributed by atoms with van der Waals surface area (Å²) in [6.45, 7) is 3.51. The number of guanidine groups is 1. The molecule has 1 aromatic rings. The van der Waals surface area contributed by atoms with Crippen molar-refractivity contribution < 1.29 is 4.74 Å². The zero-order valence-electron chi connectivity index (χ0n) is 13.5. The van der Waals surface area contributed by atoms with E-state index in [0.29, 0.717) is 25.1 Å². The van der Waals surface area contributed by atoms with Crippen molar-refractivity contribution in [3.63, 3.8) is 0 Å². The molecule has 120 valence electrons. The summed E-state index contributed by atoms with van der Waals surface area (Å²) < 4.78 is 5.76. The van der Waals surface area contributed by atoms with Gasteiger partial charge in [0.25, 0.3) is 0 Å². The van der Waals surface area contributed by atoms with Crippen LogP contribution in [-0.2, 0) is 6.54 Å². The van der Waals surface area contributed by atoms with E-state index in [4.69, 9.17) is 4.74 Å². The fourth-order valence-electron chi connectivity index (χ4n) is 2.30. The first-order valence-electron chi connectivity index (χ1n) is 8.02. The highest BCUT2D eigenvalue weighted by molar-refractivity contribution is 5.80. The Bertz CT molecular complexity index is 505. The number of aliphatic imine (C=N–C) groups is 1. The molecule has 0 fully saturated rings. The van der Waals surface area contributed by atoms with Gasteiger partial charge in [-0.3, -0.25) is 4.99 Å². The third-order valence-corrected chi connectivity index (χ3v) is 3.61. The Balaban J connectivity index is 1.86. The summed E-state index contributed by atoms with van der Waals surface area (Å²) in [4.78, 5) is 8.60. The van der Waals surface area contributed by atoms with Gasteiger partial charge in [-0.25, -0.2) is 4.98 Å². The van der Waals surface area contributed by atoms with Crippen LogP contribution in [0.25, 0.3) is 0 Å². The molecule has 1 heterocycles. The summed E-state index contributed by atoms with van der Waals surface area (Å²) in [6.07, 6.45) is 10.4. The molecule has 0 amide bonds. The monoisotopic (exact) mass is 302 g/mol. The van der Waals surface area contributed by atoms with Crippen LogP contribution >= 0.6 is 0 Å². The lowest BCUT2D eigenvalue weighted by atomic mass is 10.2. The lowest BCUT2D eigenvalue weighted by Crippen LogP contribution is -2.42. The number of ether oxygens (including phenoxy) is 1. The van der Waals surface area contributed by atoms with Crippen LogP contribution in [0.15, 0.2) is 35.5 Å². The summed E-state index contributed by atoms with van der Waals surface area (Å²) in [5, 5.41) is 6.76. The first-order valence-corrected chi connectivity index (χ1v) is 8.02. The van der Waals surface area contributed by atoms with E-state index in [1.807, 2.05) is 12.1 Å². The van der Waals surface area contributed by atoms with Crippen molar-refractivity contribution >= 4 is 5.96 Å². The first kappa shape index (κ1) is 16.3. The van der Waals surface area contributed by atoms with Gasteiger partial charge in [0.1, 0.15) is 0 Å². The predicted octanol–water partition coefficient (Wildman–Crippen LogP) is 2.64. The minimum Gasteiger partial charge on any atom is -0.477 e. The van der Waals surface area contributed by atoms with E-state index < -0.39 is 0 Å². The average molecular weight is 302 g/mol. The zero-order chi connectivity index (χ0) is 15.6. The Morgan fingerprint density at radius 3 is 2.95 bits per heavy atom. The van der Waals surface area contributed by atoms with Gasteiger partial charge in [-0.2, -0.15) is 0 Å². The molecule has 0 aromatic carbocycles. The second kappa shape index (κ2) is 9.07. The highest BCUT2D eigenvalue weighted by Gasteiger charge is 2.12. The summed E-state index contributed by atoms with van der Waals surface area (Å²) in [5.41, 5.74) is 1.05.